The first-order chi connectivity index (χ1) is 16.1. The summed E-state index contributed by atoms with van der Waals surface area (Å²) < 4.78 is 5.39. The van der Waals surface area contributed by atoms with Gasteiger partial charge in [0.2, 0.25) is 0 Å². The van der Waals surface area contributed by atoms with Crippen LogP contribution in [0.15, 0.2) is 85.5 Å². The van der Waals surface area contributed by atoms with E-state index >= 15 is 0 Å². The Morgan fingerprint density at radius 3 is 2.03 bits per heavy atom. The predicted octanol–water partition coefficient (Wildman–Crippen LogP) is 4.78. The first kappa shape index (κ1) is 22.5. The molecule has 168 valence electrons. The summed E-state index contributed by atoms with van der Waals surface area (Å²) in [6, 6.07) is 22.4. The van der Waals surface area contributed by atoms with Crippen LogP contribution in [0.4, 0.5) is 11.4 Å². The molecular weight excluding hydrogens is 412 g/mol. The van der Waals surface area contributed by atoms with Crippen LogP contribution in [0, 0.1) is 0 Å². The number of anilines is 2. The molecule has 1 heterocycles. The Kier molecular flexibility index (Phi) is 7.33. The van der Waals surface area contributed by atoms with Gasteiger partial charge < -0.3 is 15.0 Å². The largest absolute Gasteiger partial charge is 0.382 e. The van der Waals surface area contributed by atoms with Gasteiger partial charge >= 0.3 is 0 Å². The molecule has 4 rings (SSSR count). The second-order valence-corrected chi connectivity index (χ2v) is 8.02. The highest BCUT2D eigenvalue weighted by Gasteiger charge is 2.14. The fourth-order valence-corrected chi connectivity index (χ4v) is 3.84. The number of ketones is 2. The molecule has 0 amide bonds. The van der Waals surface area contributed by atoms with Crippen molar-refractivity contribution < 1.29 is 14.3 Å². The highest BCUT2D eigenvalue weighted by atomic mass is 16.5. The van der Waals surface area contributed by atoms with Gasteiger partial charge in [-0.05, 0) is 54.1 Å². The molecule has 1 fully saturated rings. The molecule has 0 saturated carbocycles. The highest BCUT2D eigenvalue weighted by molar-refractivity contribution is 6.09. The number of morpholine rings is 1. The first-order valence-electron chi connectivity index (χ1n) is 11.2. The molecule has 0 aliphatic carbocycles. The van der Waals surface area contributed by atoms with E-state index in [4.69, 9.17) is 4.74 Å². The van der Waals surface area contributed by atoms with Crippen molar-refractivity contribution in [2.45, 2.75) is 6.42 Å². The first-order valence-corrected chi connectivity index (χ1v) is 11.2. The average molecular weight is 441 g/mol. The minimum absolute atomic E-state index is 0.0400. The highest BCUT2D eigenvalue weighted by Crippen LogP contribution is 2.19. The molecule has 0 bridgehead atoms. The number of Topliss-reactive ketones (excluding diaryl/α,β-unsaturated/α-hetero) is 1. The lowest BCUT2D eigenvalue weighted by molar-refractivity contribution is 0.0992. The minimum atomic E-state index is -0.0400. The number of rotatable bonds is 9. The van der Waals surface area contributed by atoms with Crippen LogP contribution in [0.25, 0.3) is 0 Å². The van der Waals surface area contributed by atoms with Crippen LogP contribution in [-0.4, -0.2) is 44.4 Å². The number of ether oxygens (including phenoxy) is 1. The molecule has 33 heavy (non-hydrogen) atoms. The molecule has 1 aliphatic rings. The molecular formula is C28H28N2O3. The molecule has 0 radical (unpaired) electrons. The minimum Gasteiger partial charge on any atom is -0.382 e. The Bertz CT molecular complexity index is 1100. The summed E-state index contributed by atoms with van der Waals surface area (Å²) in [5.74, 6) is 0.0204. The molecule has 1 N–H and O–H groups in total. The summed E-state index contributed by atoms with van der Waals surface area (Å²) >= 11 is 0. The Hall–Kier alpha value is -3.70. The molecule has 5 heteroatoms. The fourth-order valence-electron chi connectivity index (χ4n) is 3.84. The number of hydrogen-bond donors (Lipinski definition) is 1. The molecule has 1 saturated heterocycles. The van der Waals surface area contributed by atoms with Crippen molar-refractivity contribution in [2.24, 2.45) is 0 Å². The van der Waals surface area contributed by atoms with Crippen LogP contribution in [0.3, 0.4) is 0 Å². The molecule has 0 aromatic heterocycles. The third-order valence-corrected chi connectivity index (χ3v) is 5.74. The topological polar surface area (TPSA) is 58.6 Å². The van der Waals surface area contributed by atoms with Crippen molar-refractivity contribution in [1.82, 2.24) is 0 Å². The maximum Gasteiger partial charge on any atom is 0.193 e. The van der Waals surface area contributed by atoms with Crippen molar-refractivity contribution in [3.05, 3.63) is 108 Å². The van der Waals surface area contributed by atoms with Crippen molar-refractivity contribution in [3.8, 4) is 0 Å². The van der Waals surface area contributed by atoms with E-state index in [1.807, 2.05) is 60.7 Å². The Balaban J connectivity index is 1.36. The van der Waals surface area contributed by atoms with Crippen molar-refractivity contribution in [1.29, 1.82) is 0 Å². The quantitative estimate of drug-likeness (QED) is 0.383. The van der Waals surface area contributed by atoms with Gasteiger partial charge in [-0.2, -0.15) is 0 Å². The van der Waals surface area contributed by atoms with Crippen LogP contribution in [-0.2, 0) is 11.2 Å². The van der Waals surface area contributed by atoms with E-state index in [-0.39, 0.29) is 11.6 Å². The monoisotopic (exact) mass is 440 g/mol. The second-order valence-electron chi connectivity index (χ2n) is 8.02. The molecule has 1 aliphatic heterocycles. The van der Waals surface area contributed by atoms with E-state index in [9.17, 15) is 9.59 Å². The zero-order chi connectivity index (χ0) is 23.0. The molecule has 3 aromatic carbocycles. The summed E-state index contributed by atoms with van der Waals surface area (Å²) in [7, 11) is 0. The standard InChI is InChI=1S/C28H28N2O3/c1-2-15-29-25-11-7-24(8-12-25)28(32)23-5-3-21(4-6-23)20-27(31)22-9-13-26(14-10-22)30-16-18-33-19-17-30/h2-14,29H,1,15-20H2. The summed E-state index contributed by atoms with van der Waals surface area (Å²) in [6.45, 7) is 7.56. The molecule has 0 spiro atoms. The number of hydrogen-bond acceptors (Lipinski definition) is 5. The third-order valence-electron chi connectivity index (χ3n) is 5.74. The van der Waals surface area contributed by atoms with Gasteiger partial charge in [0.25, 0.3) is 0 Å². The summed E-state index contributed by atoms with van der Waals surface area (Å²) in [6.07, 6.45) is 2.08. The fraction of sp³-hybridized carbons (Fsp3) is 0.214. The van der Waals surface area contributed by atoms with E-state index in [1.165, 1.54) is 0 Å². The lowest BCUT2D eigenvalue weighted by Gasteiger charge is -2.28. The van der Waals surface area contributed by atoms with Crippen LogP contribution < -0.4 is 10.2 Å². The zero-order valence-corrected chi connectivity index (χ0v) is 18.6. The van der Waals surface area contributed by atoms with Gasteiger partial charge in [0.05, 0.1) is 13.2 Å². The van der Waals surface area contributed by atoms with Crippen LogP contribution in [0.5, 0.6) is 0 Å². The molecule has 0 atom stereocenters. The summed E-state index contributed by atoms with van der Waals surface area (Å²) in [5, 5.41) is 3.19. The Labute approximate surface area is 194 Å². The lowest BCUT2D eigenvalue weighted by atomic mass is 9.98. The molecule has 3 aromatic rings. The van der Waals surface area contributed by atoms with E-state index in [2.05, 4.69) is 16.8 Å². The molecule has 0 unspecified atom stereocenters. The van der Waals surface area contributed by atoms with Gasteiger partial charge in [0.15, 0.2) is 11.6 Å². The number of nitrogens with zero attached hydrogens (tertiary/aromatic N) is 1. The van der Waals surface area contributed by atoms with E-state index in [0.717, 1.165) is 43.2 Å². The average Bonchev–Trinajstić information content (AvgIpc) is 2.88. The van der Waals surface area contributed by atoms with Gasteiger partial charge in [-0.25, -0.2) is 0 Å². The van der Waals surface area contributed by atoms with Gasteiger partial charge in [0.1, 0.15) is 0 Å². The summed E-state index contributed by atoms with van der Waals surface area (Å²) in [4.78, 5) is 27.8. The van der Waals surface area contributed by atoms with Crippen LogP contribution >= 0.6 is 0 Å². The lowest BCUT2D eigenvalue weighted by Crippen LogP contribution is -2.36. The van der Waals surface area contributed by atoms with Crippen molar-refractivity contribution in [3.63, 3.8) is 0 Å². The Morgan fingerprint density at radius 1 is 0.848 bits per heavy atom. The van der Waals surface area contributed by atoms with Crippen molar-refractivity contribution in [2.75, 3.05) is 43.1 Å². The van der Waals surface area contributed by atoms with E-state index < -0.39 is 0 Å². The molecule has 5 nitrogen and oxygen atoms in total. The van der Waals surface area contributed by atoms with Gasteiger partial charge in [-0.1, -0.05) is 30.3 Å². The number of carbonyl (C=O) groups is 2. The Morgan fingerprint density at radius 2 is 1.42 bits per heavy atom. The number of benzene rings is 3. The van der Waals surface area contributed by atoms with E-state index in [1.54, 1.807) is 18.2 Å². The van der Waals surface area contributed by atoms with E-state index in [0.29, 0.717) is 29.7 Å². The van der Waals surface area contributed by atoms with Crippen LogP contribution in [0.2, 0.25) is 0 Å². The number of carbonyl (C=O) groups excluding carboxylic acids is 2. The van der Waals surface area contributed by atoms with Gasteiger partial charge in [-0.3, -0.25) is 9.59 Å². The van der Waals surface area contributed by atoms with Gasteiger partial charge in [-0.15, -0.1) is 6.58 Å². The third kappa shape index (κ3) is 5.76. The predicted molar refractivity (Wildman–Crippen MR) is 133 cm³/mol. The smallest absolute Gasteiger partial charge is 0.193 e. The summed E-state index contributed by atoms with van der Waals surface area (Å²) in [5.41, 5.74) is 4.87. The second kappa shape index (κ2) is 10.7. The SMILES string of the molecule is C=CCNc1ccc(C(=O)c2ccc(CC(=O)c3ccc(N4CCOCC4)cc3)cc2)cc1. The maximum absolute atomic E-state index is 12.8. The van der Waals surface area contributed by atoms with Crippen LogP contribution in [0.1, 0.15) is 31.8 Å². The zero-order valence-electron chi connectivity index (χ0n) is 18.6. The van der Waals surface area contributed by atoms with Crippen molar-refractivity contribution >= 4 is 22.9 Å². The van der Waals surface area contributed by atoms with Gasteiger partial charge in [0, 0.05) is 54.1 Å². The normalized spacial score (nSPS) is 13.4. The maximum atomic E-state index is 12.8. The number of nitrogens with one attached hydrogen (secondary N) is 1.